The second-order valence-electron chi connectivity index (χ2n) is 7.79. The van der Waals surface area contributed by atoms with Crippen molar-refractivity contribution in [3.63, 3.8) is 0 Å². The number of hydrogen-bond acceptors (Lipinski definition) is 8. The van der Waals surface area contributed by atoms with Crippen molar-refractivity contribution in [1.29, 1.82) is 0 Å². The van der Waals surface area contributed by atoms with Gasteiger partial charge < -0.3 is 29.2 Å². The molecule has 0 aliphatic rings. The van der Waals surface area contributed by atoms with Crippen LogP contribution in [0.3, 0.4) is 0 Å². The molecule has 2 aromatic carbocycles. The van der Waals surface area contributed by atoms with E-state index in [1.165, 1.54) is 28.1 Å². The molecule has 2 atom stereocenters. The molecule has 0 aliphatic heterocycles. The summed E-state index contributed by atoms with van der Waals surface area (Å²) in [5, 5.41) is 19.5. The zero-order valence-electron chi connectivity index (χ0n) is 19.5. The Balaban J connectivity index is 2.09. The number of phenolic OH excluding ortho intramolecular Hbond substituents is 2. The van der Waals surface area contributed by atoms with Crippen LogP contribution in [0, 0.1) is 0 Å². The third-order valence-corrected chi connectivity index (χ3v) is 5.18. The summed E-state index contributed by atoms with van der Waals surface area (Å²) in [5.41, 5.74) is 1.84. The maximum absolute atomic E-state index is 11.7. The Morgan fingerprint density at radius 2 is 1.24 bits per heavy atom. The summed E-state index contributed by atoms with van der Waals surface area (Å²) in [7, 11) is 2.91. The molecular weight excluding hydrogens is 428 g/mol. The quantitative estimate of drug-likeness (QED) is 0.458. The first-order chi connectivity index (χ1) is 15.7. The largest absolute Gasteiger partial charge is 0.508 e. The highest BCUT2D eigenvalue weighted by atomic mass is 16.6. The van der Waals surface area contributed by atoms with E-state index in [2.05, 4.69) is 0 Å². The smallest absolute Gasteiger partial charge is 0.302 e. The number of aromatic hydroxyl groups is 2. The van der Waals surface area contributed by atoms with Crippen LogP contribution in [0.4, 0.5) is 0 Å². The number of carbonyl (C=O) groups excluding carboxylic acids is 2. The molecule has 8 heteroatoms. The SMILES string of the molecule is COc1cc(CC[C@H](C[C@H](CCc2ccc(O)cc2)OC(C)=O)OC(C)=O)cc(OC)c1O. The maximum atomic E-state index is 11.7. The monoisotopic (exact) mass is 460 g/mol. The van der Waals surface area contributed by atoms with Crippen molar-refractivity contribution >= 4 is 11.9 Å². The number of rotatable bonds is 12. The fourth-order valence-electron chi connectivity index (χ4n) is 3.62. The average molecular weight is 461 g/mol. The highest BCUT2D eigenvalue weighted by Gasteiger charge is 2.22. The topological polar surface area (TPSA) is 112 Å². The number of carbonyl (C=O) groups is 2. The third-order valence-electron chi connectivity index (χ3n) is 5.18. The number of phenols is 2. The molecule has 0 spiro atoms. The van der Waals surface area contributed by atoms with E-state index < -0.39 is 24.1 Å². The van der Waals surface area contributed by atoms with Crippen LogP contribution in [0.15, 0.2) is 36.4 Å². The van der Waals surface area contributed by atoms with Gasteiger partial charge in [0.25, 0.3) is 0 Å². The number of ether oxygens (including phenoxy) is 4. The molecule has 0 saturated heterocycles. The van der Waals surface area contributed by atoms with Gasteiger partial charge in [-0.05, 0) is 61.1 Å². The zero-order valence-corrected chi connectivity index (χ0v) is 19.5. The van der Waals surface area contributed by atoms with Crippen molar-refractivity contribution in [3.8, 4) is 23.0 Å². The molecule has 0 heterocycles. The molecule has 2 aromatic rings. The highest BCUT2D eigenvalue weighted by molar-refractivity contribution is 5.66. The Hall–Kier alpha value is -3.42. The van der Waals surface area contributed by atoms with Crippen LogP contribution in [0.1, 0.15) is 44.2 Å². The first-order valence-electron chi connectivity index (χ1n) is 10.8. The van der Waals surface area contributed by atoms with Gasteiger partial charge in [-0.2, -0.15) is 0 Å². The van der Waals surface area contributed by atoms with E-state index in [4.69, 9.17) is 18.9 Å². The molecule has 8 nitrogen and oxygen atoms in total. The van der Waals surface area contributed by atoms with E-state index in [1.54, 1.807) is 24.3 Å². The van der Waals surface area contributed by atoms with Crippen LogP contribution in [0.2, 0.25) is 0 Å². The molecule has 2 rings (SSSR count). The minimum absolute atomic E-state index is 0.0792. The number of esters is 2. The van der Waals surface area contributed by atoms with Gasteiger partial charge in [-0.15, -0.1) is 0 Å². The van der Waals surface area contributed by atoms with Gasteiger partial charge >= 0.3 is 11.9 Å². The van der Waals surface area contributed by atoms with Crippen LogP contribution < -0.4 is 9.47 Å². The summed E-state index contributed by atoms with van der Waals surface area (Å²) in [6.45, 7) is 2.69. The molecule has 33 heavy (non-hydrogen) atoms. The van der Waals surface area contributed by atoms with Gasteiger partial charge in [-0.25, -0.2) is 0 Å². The highest BCUT2D eigenvalue weighted by Crippen LogP contribution is 2.37. The molecule has 0 saturated carbocycles. The van der Waals surface area contributed by atoms with Crippen molar-refractivity contribution in [2.24, 2.45) is 0 Å². The lowest BCUT2D eigenvalue weighted by molar-refractivity contribution is -0.153. The van der Waals surface area contributed by atoms with E-state index in [9.17, 15) is 19.8 Å². The second-order valence-corrected chi connectivity index (χ2v) is 7.79. The van der Waals surface area contributed by atoms with Crippen LogP contribution in [0.25, 0.3) is 0 Å². The molecular formula is C25H32O8. The van der Waals surface area contributed by atoms with E-state index >= 15 is 0 Å². The van der Waals surface area contributed by atoms with Crippen LogP contribution >= 0.6 is 0 Å². The summed E-state index contributed by atoms with van der Waals surface area (Å²) in [4.78, 5) is 23.4. The number of aryl methyl sites for hydroxylation is 2. The first-order valence-corrected chi connectivity index (χ1v) is 10.8. The Morgan fingerprint density at radius 1 is 0.788 bits per heavy atom. The number of hydrogen-bond donors (Lipinski definition) is 2. The van der Waals surface area contributed by atoms with Gasteiger partial charge in [0.05, 0.1) is 14.2 Å². The molecule has 0 aromatic heterocycles. The summed E-state index contributed by atoms with van der Waals surface area (Å²) < 4.78 is 21.4. The Labute approximate surface area is 194 Å². The van der Waals surface area contributed by atoms with Crippen molar-refractivity contribution in [3.05, 3.63) is 47.5 Å². The van der Waals surface area contributed by atoms with E-state index in [-0.39, 0.29) is 11.5 Å². The van der Waals surface area contributed by atoms with Gasteiger partial charge in [0, 0.05) is 20.3 Å². The summed E-state index contributed by atoms with van der Waals surface area (Å²) in [6, 6.07) is 10.3. The minimum atomic E-state index is -0.475. The lowest BCUT2D eigenvalue weighted by atomic mass is 9.98. The van der Waals surface area contributed by atoms with Crippen LogP contribution in [-0.4, -0.2) is 48.6 Å². The van der Waals surface area contributed by atoms with Crippen molar-refractivity contribution < 1.29 is 38.7 Å². The van der Waals surface area contributed by atoms with Gasteiger partial charge in [-0.3, -0.25) is 9.59 Å². The molecule has 180 valence electrons. The molecule has 0 amide bonds. The molecule has 0 bridgehead atoms. The Morgan fingerprint density at radius 3 is 1.67 bits per heavy atom. The lowest BCUT2D eigenvalue weighted by Gasteiger charge is -2.24. The van der Waals surface area contributed by atoms with Crippen LogP contribution in [-0.2, 0) is 31.9 Å². The fourth-order valence-corrected chi connectivity index (χ4v) is 3.62. The number of benzene rings is 2. The normalized spacial score (nSPS) is 12.5. The standard InChI is InChI=1S/C25H32O8/c1-16(26)32-21(11-7-18-5-9-20(28)10-6-18)15-22(33-17(2)27)12-8-19-13-23(30-3)25(29)24(14-19)31-4/h5-6,9-10,13-14,21-22,28-29H,7-8,11-12,15H2,1-4H3/t21-,22+/m0/s1. The molecule has 2 N–H and O–H groups in total. The van der Waals surface area contributed by atoms with E-state index in [1.807, 2.05) is 12.1 Å². The predicted molar refractivity (Wildman–Crippen MR) is 122 cm³/mol. The third kappa shape index (κ3) is 8.56. The molecule has 0 radical (unpaired) electrons. The Kier molecular flexibility index (Phi) is 9.84. The average Bonchev–Trinajstić information content (AvgIpc) is 2.76. The van der Waals surface area contributed by atoms with Crippen molar-refractivity contribution in [2.45, 2.75) is 58.2 Å². The van der Waals surface area contributed by atoms with Gasteiger partial charge in [0.2, 0.25) is 5.75 Å². The van der Waals surface area contributed by atoms with Gasteiger partial charge in [0.15, 0.2) is 11.5 Å². The summed E-state index contributed by atoms with van der Waals surface area (Å²) >= 11 is 0. The van der Waals surface area contributed by atoms with Crippen molar-refractivity contribution in [2.75, 3.05) is 14.2 Å². The Bertz CT molecular complexity index is 897. The molecule has 0 unspecified atom stereocenters. The maximum Gasteiger partial charge on any atom is 0.302 e. The van der Waals surface area contributed by atoms with E-state index in [0.29, 0.717) is 43.6 Å². The first kappa shape index (κ1) is 25.8. The fraction of sp³-hybridized carbons (Fsp3) is 0.440. The van der Waals surface area contributed by atoms with E-state index in [0.717, 1.165) is 11.1 Å². The van der Waals surface area contributed by atoms with Crippen molar-refractivity contribution in [1.82, 2.24) is 0 Å². The molecule has 0 aliphatic carbocycles. The van der Waals surface area contributed by atoms with Gasteiger partial charge in [0.1, 0.15) is 18.0 Å². The molecule has 0 fully saturated rings. The zero-order chi connectivity index (χ0) is 24.4. The number of methoxy groups -OCH3 is 2. The lowest BCUT2D eigenvalue weighted by Crippen LogP contribution is -2.27. The minimum Gasteiger partial charge on any atom is -0.508 e. The van der Waals surface area contributed by atoms with Crippen LogP contribution in [0.5, 0.6) is 23.0 Å². The predicted octanol–water partition coefficient (Wildman–Crippen LogP) is 3.93. The summed E-state index contributed by atoms with van der Waals surface area (Å²) in [5.74, 6) is -0.126. The summed E-state index contributed by atoms with van der Waals surface area (Å²) in [6.07, 6.45) is 1.62. The van der Waals surface area contributed by atoms with Gasteiger partial charge in [-0.1, -0.05) is 12.1 Å². The second kappa shape index (κ2) is 12.6.